The van der Waals surface area contributed by atoms with Gasteiger partial charge in [0.25, 0.3) is 5.91 Å². The number of anilines is 1. The van der Waals surface area contributed by atoms with E-state index in [1.54, 1.807) is 19.1 Å². The molecule has 1 amide bonds. The van der Waals surface area contributed by atoms with Gasteiger partial charge in [0.05, 0.1) is 17.7 Å². The molecule has 1 heterocycles. The van der Waals surface area contributed by atoms with E-state index < -0.39 is 15.9 Å². The van der Waals surface area contributed by atoms with Crippen molar-refractivity contribution in [1.82, 2.24) is 4.72 Å². The van der Waals surface area contributed by atoms with Gasteiger partial charge in [-0.3, -0.25) is 4.79 Å². The van der Waals surface area contributed by atoms with E-state index >= 15 is 0 Å². The summed E-state index contributed by atoms with van der Waals surface area (Å²) in [6, 6.07) is 7.54. The zero-order valence-electron chi connectivity index (χ0n) is 13.3. The second kappa shape index (κ2) is 6.29. The molecule has 0 unspecified atom stereocenters. The van der Waals surface area contributed by atoms with Gasteiger partial charge in [-0.1, -0.05) is 0 Å². The van der Waals surface area contributed by atoms with Crippen molar-refractivity contribution in [2.24, 2.45) is 0 Å². The SMILES string of the molecule is COc1ccc(S(=O)(=O)NC2CC2)cc1NC(=O)c1ccc(C)o1. The van der Waals surface area contributed by atoms with E-state index in [1.165, 1.54) is 25.3 Å². The minimum Gasteiger partial charge on any atom is -0.495 e. The van der Waals surface area contributed by atoms with Gasteiger partial charge in [-0.2, -0.15) is 0 Å². The Labute approximate surface area is 140 Å². The molecule has 1 aliphatic carbocycles. The quantitative estimate of drug-likeness (QED) is 0.833. The lowest BCUT2D eigenvalue weighted by Crippen LogP contribution is -2.25. The molecule has 2 aromatic rings. The molecular formula is C16H18N2O5S. The largest absolute Gasteiger partial charge is 0.495 e. The molecule has 0 aliphatic heterocycles. The number of hydrogen-bond donors (Lipinski definition) is 2. The molecule has 7 nitrogen and oxygen atoms in total. The number of carbonyl (C=O) groups excluding carboxylic acids is 1. The Bertz CT molecular complexity index is 868. The molecule has 8 heteroatoms. The fraction of sp³-hybridized carbons (Fsp3) is 0.312. The van der Waals surface area contributed by atoms with Crippen LogP contribution in [0.2, 0.25) is 0 Å². The third kappa shape index (κ3) is 3.60. The number of sulfonamides is 1. The fourth-order valence-electron chi connectivity index (χ4n) is 2.18. The van der Waals surface area contributed by atoms with Crippen LogP contribution in [0.5, 0.6) is 5.75 Å². The molecule has 3 rings (SSSR count). The van der Waals surface area contributed by atoms with Crippen molar-refractivity contribution in [1.29, 1.82) is 0 Å². The van der Waals surface area contributed by atoms with Gasteiger partial charge in [0.2, 0.25) is 10.0 Å². The number of amides is 1. The Morgan fingerprint density at radius 3 is 2.58 bits per heavy atom. The van der Waals surface area contributed by atoms with Crippen LogP contribution in [0.1, 0.15) is 29.2 Å². The first kappa shape index (κ1) is 16.5. The molecule has 0 saturated heterocycles. The molecule has 2 N–H and O–H groups in total. The van der Waals surface area contributed by atoms with Gasteiger partial charge in [0.1, 0.15) is 11.5 Å². The molecule has 1 aliphatic rings. The van der Waals surface area contributed by atoms with Crippen LogP contribution in [-0.4, -0.2) is 27.5 Å². The molecule has 1 aromatic heterocycles. The van der Waals surface area contributed by atoms with Crippen molar-refractivity contribution in [3.05, 3.63) is 41.9 Å². The average molecular weight is 350 g/mol. The van der Waals surface area contributed by atoms with E-state index in [-0.39, 0.29) is 22.4 Å². The van der Waals surface area contributed by atoms with Crippen LogP contribution >= 0.6 is 0 Å². The van der Waals surface area contributed by atoms with Crippen LogP contribution in [0.25, 0.3) is 0 Å². The lowest BCUT2D eigenvalue weighted by Gasteiger charge is -2.12. The highest BCUT2D eigenvalue weighted by Gasteiger charge is 2.28. The highest BCUT2D eigenvalue weighted by Crippen LogP contribution is 2.29. The van der Waals surface area contributed by atoms with Gasteiger partial charge >= 0.3 is 0 Å². The third-order valence-electron chi connectivity index (χ3n) is 3.59. The van der Waals surface area contributed by atoms with Crippen molar-refractivity contribution in [2.75, 3.05) is 12.4 Å². The molecule has 0 atom stereocenters. The normalized spacial score (nSPS) is 14.4. The van der Waals surface area contributed by atoms with Gasteiger partial charge in [0, 0.05) is 6.04 Å². The maximum atomic E-state index is 12.3. The number of nitrogens with one attached hydrogen (secondary N) is 2. The number of methoxy groups -OCH3 is 1. The van der Waals surface area contributed by atoms with Gasteiger partial charge in [-0.15, -0.1) is 0 Å². The zero-order valence-corrected chi connectivity index (χ0v) is 14.1. The minimum atomic E-state index is -3.62. The van der Waals surface area contributed by atoms with Crippen LogP contribution in [0.3, 0.4) is 0 Å². The van der Waals surface area contributed by atoms with E-state index in [0.29, 0.717) is 11.5 Å². The summed E-state index contributed by atoms with van der Waals surface area (Å²) in [5, 5.41) is 2.62. The number of ether oxygens (including phenoxy) is 1. The van der Waals surface area contributed by atoms with Crippen molar-refractivity contribution in [3.63, 3.8) is 0 Å². The summed E-state index contributed by atoms with van der Waals surface area (Å²) in [6.07, 6.45) is 1.69. The van der Waals surface area contributed by atoms with Gasteiger partial charge in [-0.05, 0) is 50.1 Å². The Kier molecular flexibility index (Phi) is 4.33. The summed E-state index contributed by atoms with van der Waals surface area (Å²) >= 11 is 0. The molecular weight excluding hydrogens is 332 g/mol. The van der Waals surface area contributed by atoms with E-state index in [2.05, 4.69) is 10.0 Å². The lowest BCUT2D eigenvalue weighted by atomic mass is 10.3. The van der Waals surface area contributed by atoms with E-state index in [1.807, 2.05) is 0 Å². The first-order valence-corrected chi connectivity index (χ1v) is 8.95. The fourth-order valence-corrected chi connectivity index (χ4v) is 3.51. The smallest absolute Gasteiger partial charge is 0.291 e. The molecule has 128 valence electrons. The molecule has 1 saturated carbocycles. The van der Waals surface area contributed by atoms with Crippen LogP contribution in [-0.2, 0) is 10.0 Å². The van der Waals surface area contributed by atoms with Gasteiger partial charge < -0.3 is 14.5 Å². The van der Waals surface area contributed by atoms with Crippen molar-refractivity contribution in [3.8, 4) is 5.75 Å². The van der Waals surface area contributed by atoms with Crippen LogP contribution < -0.4 is 14.8 Å². The summed E-state index contributed by atoms with van der Waals surface area (Å²) in [6.45, 7) is 1.73. The van der Waals surface area contributed by atoms with Crippen molar-refractivity contribution < 1.29 is 22.4 Å². The number of rotatable bonds is 6. The number of hydrogen-bond acceptors (Lipinski definition) is 5. The standard InChI is InChI=1S/C16H18N2O5S/c1-10-3-7-15(23-10)16(19)17-13-9-12(6-8-14(13)22-2)24(20,21)18-11-4-5-11/h3,6-9,11,18H,4-5H2,1-2H3,(H,17,19). The molecule has 1 fully saturated rings. The Hall–Kier alpha value is -2.32. The van der Waals surface area contributed by atoms with Gasteiger partial charge in [-0.25, -0.2) is 13.1 Å². The Balaban J connectivity index is 1.87. The van der Waals surface area contributed by atoms with E-state index in [4.69, 9.17) is 9.15 Å². The second-order valence-corrected chi connectivity index (χ2v) is 7.34. The maximum absolute atomic E-state index is 12.3. The van der Waals surface area contributed by atoms with Gasteiger partial charge in [0.15, 0.2) is 5.76 Å². The number of benzene rings is 1. The van der Waals surface area contributed by atoms with Crippen LogP contribution in [0.15, 0.2) is 39.6 Å². The van der Waals surface area contributed by atoms with Crippen molar-refractivity contribution >= 4 is 21.6 Å². The highest BCUT2D eigenvalue weighted by atomic mass is 32.2. The lowest BCUT2D eigenvalue weighted by molar-refractivity contribution is 0.0995. The predicted molar refractivity (Wildman–Crippen MR) is 87.7 cm³/mol. The highest BCUT2D eigenvalue weighted by molar-refractivity contribution is 7.89. The molecule has 0 spiro atoms. The van der Waals surface area contributed by atoms with E-state index in [0.717, 1.165) is 12.8 Å². The molecule has 0 bridgehead atoms. The third-order valence-corrected chi connectivity index (χ3v) is 5.11. The Morgan fingerprint density at radius 1 is 1.25 bits per heavy atom. The van der Waals surface area contributed by atoms with Crippen LogP contribution in [0, 0.1) is 6.92 Å². The maximum Gasteiger partial charge on any atom is 0.291 e. The first-order chi connectivity index (χ1) is 11.4. The number of carbonyl (C=O) groups is 1. The van der Waals surface area contributed by atoms with Crippen molar-refractivity contribution in [2.45, 2.75) is 30.7 Å². The summed E-state index contributed by atoms with van der Waals surface area (Å²) < 4.78 is 37.7. The molecule has 1 aromatic carbocycles. The number of furan rings is 1. The average Bonchev–Trinajstić information content (AvgIpc) is 3.23. The summed E-state index contributed by atoms with van der Waals surface area (Å²) in [7, 11) is -2.18. The second-order valence-electron chi connectivity index (χ2n) is 5.62. The summed E-state index contributed by atoms with van der Waals surface area (Å²) in [4.78, 5) is 12.3. The van der Waals surface area contributed by atoms with E-state index in [9.17, 15) is 13.2 Å². The topological polar surface area (TPSA) is 97.6 Å². The summed E-state index contributed by atoms with van der Waals surface area (Å²) in [5.41, 5.74) is 0.259. The Morgan fingerprint density at radius 2 is 2.00 bits per heavy atom. The minimum absolute atomic E-state index is 0.00115. The summed E-state index contributed by atoms with van der Waals surface area (Å²) in [5.74, 6) is 0.624. The monoisotopic (exact) mass is 350 g/mol. The molecule has 0 radical (unpaired) electrons. The van der Waals surface area contributed by atoms with Crippen LogP contribution in [0.4, 0.5) is 5.69 Å². The number of aryl methyl sites for hydroxylation is 1. The first-order valence-electron chi connectivity index (χ1n) is 7.47. The predicted octanol–water partition coefficient (Wildman–Crippen LogP) is 2.29. The zero-order chi connectivity index (χ0) is 17.3. The molecule has 24 heavy (non-hydrogen) atoms.